The van der Waals surface area contributed by atoms with Gasteiger partial charge in [0.15, 0.2) is 6.61 Å². The predicted octanol–water partition coefficient (Wildman–Crippen LogP) is 3.79. The first kappa shape index (κ1) is 17.0. The average molecular weight is 331 g/mol. The van der Waals surface area contributed by atoms with Crippen LogP contribution in [0.5, 0.6) is 5.75 Å². The zero-order valence-electron chi connectivity index (χ0n) is 13.4. The number of rotatable bonds is 5. The van der Waals surface area contributed by atoms with Crippen molar-refractivity contribution in [3.05, 3.63) is 63.7 Å². The van der Waals surface area contributed by atoms with Crippen LogP contribution in [-0.2, 0) is 4.79 Å². The highest BCUT2D eigenvalue weighted by molar-refractivity contribution is 6.30. The quantitative estimate of drug-likeness (QED) is 0.669. The van der Waals surface area contributed by atoms with Gasteiger partial charge >= 0.3 is 0 Å². The van der Waals surface area contributed by atoms with Crippen molar-refractivity contribution >= 4 is 23.7 Å². The zero-order valence-corrected chi connectivity index (χ0v) is 14.1. The summed E-state index contributed by atoms with van der Waals surface area (Å²) in [5.74, 6) is 0.213. The lowest BCUT2D eigenvalue weighted by Crippen LogP contribution is -2.24. The first-order valence-corrected chi connectivity index (χ1v) is 7.61. The van der Waals surface area contributed by atoms with Crippen LogP contribution in [0.2, 0.25) is 5.02 Å². The molecule has 23 heavy (non-hydrogen) atoms. The van der Waals surface area contributed by atoms with Gasteiger partial charge in [-0.1, -0.05) is 35.4 Å². The Morgan fingerprint density at radius 1 is 1.22 bits per heavy atom. The Bertz CT molecular complexity index is 719. The van der Waals surface area contributed by atoms with Crippen molar-refractivity contribution in [2.75, 3.05) is 6.61 Å². The number of hydrogen-bond donors (Lipinski definition) is 1. The normalized spacial score (nSPS) is 10.8. The van der Waals surface area contributed by atoms with Crippen LogP contribution in [0.15, 0.2) is 41.5 Å². The Morgan fingerprint density at radius 2 is 1.91 bits per heavy atom. The van der Waals surface area contributed by atoms with Gasteiger partial charge in [-0.3, -0.25) is 4.79 Å². The monoisotopic (exact) mass is 330 g/mol. The minimum absolute atomic E-state index is 0.121. The second-order valence-electron chi connectivity index (χ2n) is 5.35. The maximum Gasteiger partial charge on any atom is 0.277 e. The second-order valence-corrected chi connectivity index (χ2v) is 5.79. The van der Waals surface area contributed by atoms with Gasteiger partial charge in [0.25, 0.3) is 5.91 Å². The van der Waals surface area contributed by atoms with Crippen molar-refractivity contribution in [2.45, 2.75) is 20.8 Å². The molecule has 5 heteroatoms. The number of hydrazone groups is 1. The highest BCUT2D eigenvalue weighted by atomic mass is 35.5. The van der Waals surface area contributed by atoms with E-state index < -0.39 is 0 Å². The number of ether oxygens (including phenoxy) is 1. The molecule has 4 nitrogen and oxygen atoms in total. The molecule has 0 atom stereocenters. The molecule has 0 heterocycles. The minimum atomic E-state index is -0.330. The third-order valence-electron chi connectivity index (χ3n) is 3.29. The minimum Gasteiger partial charge on any atom is -0.484 e. The van der Waals surface area contributed by atoms with Crippen LogP contribution in [0.3, 0.4) is 0 Å². The smallest absolute Gasteiger partial charge is 0.277 e. The highest BCUT2D eigenvalue weighted by Gasteiger charge is 2.03. The van der Waals surface area contributed by atoms with Crippen molar-refractivity contribution in [3.8, 4) is 5.75 Å². The van der Waals surface area contributed by atoms with Crippen LogP contribution in [-0.4, -0.2) is 18.7 Å². The molecule has 2 rings (SSSR count). The van der Waals surface area contributed by atoms with E-state index in [1.165, 1.54) is 5.56 Å². The van der Waals surface area contributed by atoms with Crippen molar-refractivity contribution in [1.82, 2.24) is 5.43 Å². The van der Waals surface area contributed by atoms with Gasteiger partial charge in [0.05, 0.1) is 6.21 Å². The van der Waals surface area contributed by atoms with Crippen molar-refractivity contribution in [1.29, 1.82) is 0 Å². The molecule has 2 aromatic carbocycles. The summed E-state index contributed by atoms with van der Waals surface area (Å²) >= 11 is 5.85. The Labute approximate surface area is 141 Å². The van der Waals surface area contributed by atoms with Crippen LogP contribution < -0.4 is 10.2 Å². The molecule has 0 spiro atoms. The Kier molecular flexibility index (Phi) is 5.77. The van der Waals surface area contributed by atoms with Crippen LogP contribution >= 0.6 is 11.6 Å². The van der Waals surface area contributed by atoms with E-state index in [0.717, 1.165) is 16.7 Å². The van der Waals surface area contributed by atoms with E-state index in [1.54, 1.807) is 30.5 Å². The molecule has 0 radical (unpaired) electrons. The van der Waals surface area contributed by atoms with E-state index in [1.807, 2.05) is 13.8 Å². The number of benzene rings is 2. The first-order valence-electron chi connectivity index (χ1n) is 7.24. The summed E-state index contributed by atoms with van der Waals surface area (Å²) in [6.07, 6.45) is 1.65. The fourth-order valence-corrected chi connectivity index (χ4v) is 2.48. The van der Waals surface area contributed by atoms with Crippen LogP contribution in [0, 0.1) is 20.8 Å². The Balaban J connectivity index is 1.89. The molecule has 0 aliphatic rings. The summed E-state index contributed by atoms with van der Waals surface area (Å²) in [7, 11) is 0. The Morgan fingerprint density at radius 3 is 2.57 bits per heavy atom. The molecule has 0 bridgehead atoms. The third kappa shape index (κ3) is 5.11. The van der Waals surface area contributed by atoms with Gasteiger partial charge in [-0.25, -0.2) is 5.43 Å². The summed E-state index contributed by atoms with van der Waals surface area (Å²) in [5, 5.41) is 4.55. The average Bonchev–Trinajstić information content (AvgIpc) is 2.48. The first-order chi connectivity index (χ1) is 11.0. The largest absolute Gasteiger partial charge is 0.484 e. The van der Waals surface area contributed by atoms with Gasteiger partial charge in [-0.15, -0.1) is 0 Å². The van der Waals surface area contributed by atoms with E-state index >= 15 is 0 Å². The van der Waals surface area contributed by atoms with Crippen molar-refractivity contribution in [2.24, 2.45) is 5.10 Å². The summed E-state index contributed by atoms with van der Waals surface area (Å²) in [5.41, 5.74) is 6.91. The van der Waals surface area contributed by atoms with Gasteiger partial charge in [0.2, 0.25) is 0 Å². The molecule has 1 N–H and O–H groups in total. The van der Waals surface area contributed by atoms with Crippen LogP contribution in [0.4, 0.5) is 0 Å². The fraction of sp³-hybridized carbons (Fsp3) is 0.222. The van der Waals surface area contributed by atoms with Gasteiger partial charge in [-0.2, -0.15) is 5.10 Å². The number of carbonyl (C=O) groups excluding carboxylic acids is 1. The maximum absolute atomic E-state index is 11.7. The number of hydrogen-bond acceptors (Lipinski definition) is 3. The molecular weight excluding hydrogens is 312 g/mol. The molecule has 0 saturated carbocycles. The lowest BCUT2D eigenvalue weighted by Gasteiger charge is -2.07. The number of nitrogens with zero attached hydrogens (tertiary/aromatic N) is 1. The van der Waals surface area contributed by atoms with Gasteiger partial charge in [-0.05, 0) is 50.1 Å². The van der Waals surface area contributed by atoms with Crippen molar-refractivity contribution in [3.63, 3.8) is 0 Å². The molecule has 0 saturated heterocycles. The number of halogens is 1. The van der Waals surface area contributed by atoms with E-state index in [0.29, 0.717) is 10.8 Å². The predicted molar refractivity (Wildman–Crippen MR) is 93.3 cm³/mol. The van der Waals surface area contributed by atoms with E-state index in [9.17, 15) is 4.79 Å². The van der Waals surface area contributed by atoms with E-state index in [2.05, 4.69) is 29.6 Å². The van der Waals surface area contributed by atoms with Gasteiger partial charge < -0.3 is 4.74 Å². The van der Waals surface area contributed by atoms with Crippen LogP contribution in [0.1, 0.15) is 22.3 Å². The number of nitrogens with one attached hydrogen (secondary N) is 1. The SMILES string of the molecule is Cc1cc(C)c(/C=N/NC(=O)COc2cccc(Cl)c2)c(C)c1. The summed E-state index contributed by atoms with van der Waals surface area (Å²) in [6, 6.07) is 11.1. The van der Waals surface area contributed by atoms with Crippen LogP contribution in [0.25, 0.3) is 0 Å². The van der Waals surface area contributed by atoms with E-state index in [4.69, 9.17) is 16.3 Å². The summed E-state index contributed by atoms with van der Waals surface area (Å²) < 4.78 is 5.34. The Hall–Kier alpha value is -2.33. The molecule has 1 amide bonds. The number of carbonyl (C=O) groups is 1. The molecule has 0 aliphatic carbocycles. The molecular formula is C18H19ClN2O2. The standard InChI is InChI=1S/C18H19ClN2O2/c1-12-7-13(2)17(14(3)8-12)10-20-21-18(22)11-23-16-6-4-5-15(19)9-16/h4-10H,11H2,1-3H3,(H,21,22)/b20-10+. The summed E-state index contributed by atoms with van der Waals surface area (Å²) in [6.45, 7) is 5.97. The lowest BCUT2D eigenvalue weighted by molar-refractivity contribution is -0.123. The second kappa shape index (κ2) is 7.79. The fourth-order valence-electron chi connectivity index (χ4n) is 2.30. The highest BCUT2D eigenvalue weighted by Crippen LogP contribution is 2.17. The van der Waals surface area contributed by atoms with Crippen molar-refractivity contribution < 1.29 is 9.53 Å². The zero-order chi connectivity index (χ0) is 16.8. The molecule has 2 aromatic rings. The lowest BCUT2D eigenvalue weighted by atomic mass is 10.0. The van der Waals surface area contributed by atoms with Gasteiger partial charge in [0.1, 0.15) is 5.75 Å². The molecule has 0 unspecified atom stereocenters. The van der Waals surface area contributed by atoms with Gasteiger partial charge in [0, 0.05) is 10.6 Å². The molecule has 120 valence electrons. The molecule has 0 fully saturated rings. The molecule has 0 aliphatic heterocycles. The molecule has 0 aromatic heterocycles. The maximum atomic E-state index is 11.7. The summed E-state index contributed by atoms with van der Waals surface area (Å²) in [4.78, 5) is 11.7. The number of aryl methyl sites for hydroxylation is 3. The third-order valence-corrected chi connectivity index (χ3v) is 3.52. The number of amides is 1. The topological polar surface area (TPSA) is 50.7 Å². The van der Waals surface area contributed by atoms with E-state index in [-0.39, 0.29) is 12.5 Å².